The topological polar surface area (TPSA) is 64.9 Å². The zero-order chi connectivity index (χ0) is 12.4. The predicted molar refractivity (Wildman–Crippen MR) is 71.3 cm³/mol. The quantitative estimate of drug-likeness (QED) is 0.732. The Balaban J connectivity index is 1.85. The van der Waals surface area contributed by atoms with Crippen LogP contribution < -0.4 is 5.73 Å². The van der Waals surface area contributed by atoms with Gasteiger partial charge in [-0.05, 0) is 23.1 Å². The molecule has 0 amide bonds. The third-order valence-electron chi connectivity index (χ3n) is 2.61. The summed E-state index contributed by atoms with van der Waals surface area (Å²) < 4.78 is 5.24. The van der Waals surface area contributed by atoms with Crippen LogP contribution in [0.15, 0.2) is 46.3 Å². The zero-order valence-electron chi connectivity index (χ0n) is 9.54. The monoisotopic (exact) mass is 257 g/mol. The Bertz CT molecular complexity index is 646. The molecule has 0 spiro atoms. The Morgan fingerprint density at radius 2 is 2.06 bits per heavy atom. The minimum Gasteiger partial charge on any atom is -0.398 e. The second kappa shape index (κ2) is 4.62. The molecule has 3 aromatic rings. The van der Waals surface area contributed by atoms with Crippen LogP contribution in [0.4, 0.5) is 5.69 Å². The molecule has 5 heteroatoms. The number of hydrogen-bond donors (Lipinski definition) is 1. The van der Waals surface area contributed by atoms with Crippen molar-refractivity contribution >= 4 is 17.0 Å². The molecule has 90 valence electrons. The van der Waals surface area contributed by atoms with Gasteiger partial charge in [-0.15, -0.1) is 11.3 Å². The highest BCUT2D eigenvalue weighted by atomic mass is 32.1. The van der Waals surface area contributed by atoms with Gasteiger partial charge in [0.25, 0.3) is 0 Å². The lowest BCUT2D eigenvalue weighted by Gasteiger charge is -2.00. The maximum absolute atomic E-state index is 5.88. The second-order valence-electron chi connectivity index (χ2n) is 3.86. The molecule has 1 aromatic carbocycles. The molecule has 2 heterocycles. The molecule has 0 atom stereocenters. The van der Waals surface area contributed by atoms with Crippen molar-refractivity contribution in [2.45, 2.75) is 6.42 Å². The van der Waals surface area contributed by atoms with Crippen LogP contribution in [-0.2, 0) is 6.42 Å². The molecule has 0 unspecified atom stereocenters. The lowest BCUT2D eigenvalue weighted by molar-refractivity contribution is 0.386. The van der Waals surface area contributed by atoms with Gasteiger partial charge in [0.05, 0.1) is 11.3 Å². The van der Waals surface area contributed by atoms with Gasteiger partial charge in [0.2, 0.25) is 11.7 Å². The molecule has 0 saturated carbocycles. The Morgan fingerprint density at radius 3 is 2.83 bits per heavy atom. The Kier molecular flexibility index (Phi) is 2.82. The van der Waals surface area contributed by atoms with Crippen molar-refractivity contribution in [2.24, 2.45) is 0 Å². The van der Waals surface area contributed by atoms with Crippen LogP contribution in [0.2, 0.25) is 0 Å². The Hall–Kier alpha value is -2.14. The number of hydrogen-bond acceptors (Lipinski definition) is 5. The third-order valence-corrected chi connectivity index (χ3v) is 3.47. The third kappa shape index (κ3) is 2.12. The van der Waals surface area contributed by atoms with E-state index >= 15 is 0 Å². The zero-order valence-corrected chi connectivity index (χ0v) is 10.4. The van der Waals surface area contributed by atoms with Crippen molar-refractivity contribution in [2.75, 3.05) is 5.73 Å². The molecular weight excluding hydrogens is 246 g/mol. The van der Waals surface area contributed by atoms with Crippen LogP contribution in [0, 0.1) is 0 Å². The largest absolute Gasteiger partial charge is 0.398 e. The standard InChI is InChI=1S/C13H11N3OS/c14-10-5-2-1-4-9(10)8-12-15-13(16-17-12)11-6-3-7-18-11/h1-7H,8,14H2. The second-order valence-corrected chi connectivity index (χ2v) is 4.81. The van der Waals surface area contributed by atoms with Crippen molar-refractivity contribution in [3.63, 3.8) is 0 Å². The van der Waals surface area contributed by atoms with Gasteiger partial charge in [0, 0.05) is 5.69 Å². The lowest BCUT2D eigenvalue weighted by Crippen LogP contribution is -1.95. The number of nitrogens with two attached hydrogens (primary N) is 1. The molecule has 18 heavy (non-hydrogen) atoms. The normalized spacial score (nSPS) is 10.7. The summed E-state index contributed by atoms with van der Waals surface area (Å²) in [5, 5.41) is 5.95. The van der Waals surface area contributed by atoms with Crippen molar-refractivity contribution in [3.05, 3.63) is 53.2 Å². The maximum Gasteiger partial charge on any atom is 0.231 e. The summed E-state index contributed by atoms with van der Waals surface area (Å²) in [6.45, 7) is 0. The summed E-state index contributed by atoms with van der Waals surface area (Å²) in [6.07, 6.45) is 0.561. The molecule has 2 aromatic heterocycles. The van der Waals surface area contributed by atoms with Crippen LogP contribution in [0.25, 0.3) is 10.7 Å². The van der Waals surface area contributed by atoms with Crippen LogP contribution in [0.3, 0.4) is 0 Å². The van der Waals surface area contributed by atoms with E-state index in [-0.39, 0.29) is 0 Å². The van der Waals surface area contributed by atoms with Crippen molar-refractivity contribution in [3.8, 4) is 10.7 Å². The number of benzene rings is 1. The van der Waals surface area contributed by atoms with Crippen molar-refractivity contribution in [1.82, 2.24) is 10.1 Å². The van der Waals surface area contributed by atoms with Gasteiger partial charge >= 0.3 is 0 Å². The van der Waals surface area contributed by atoms with E-state index in [2.05, 4.69) is 10.1 Å². The van der Waals surface area contributed by atoms with Gasteiger partial charge in [0.1, 0.15) is 0 Å². The highest BCUT2D eigenvalue weighted by Crippen LogP contribution is 2.22. The summed E-state index contributed by atoms with van der Waals surface area (Å²) in [4.78, 5) is 5.37. The first-order chi connectivity index (χ1) is 8.83. The fraction of sp³-hybridized carbons (Fsp3) is 0.0769. The fourth-order valence-electron chi connectivity index (χ4n) is 1.69. The van der Waals surface area contributed by atoms with E-state index in [1.807, 2.05) is 41.8 Å². The molecule has 0 bridgehead atoms. The average molecular weight is 257 g/mol. The van der Waals surface area contributed by atoms with E-state index in [1.54, 1.807) is 11.3 Å². The number of rotatable bonds is 3. The lowest BCUT2D eigenvalue weighted by atomic mass is 10.1. The van der Waals surface area contributed by atoms with E-state index in [9.17, 15) is 0 Å². The maximum atomic E-state index is 5.88. The SMILES string of the molecule is Nc1ccccc1Cc1nc(-c2cccs2)no1. The Morgan fingerprint density at radius 1 is 1.17 bits per heavy atom. The van der Waals surface area contributed by atoms with Gasteiger partial charge in [-0.25, -0.2) is 0 Å². The molecule has 0 fully saturated rings. The van der Waals surface area contributed by atoms with Crippen molar-refractivity contribution < 1.29 is 4.52 Å². The summed E-state index contributed by atoms with van der Waals surface area (Å²) in [7, 11) is 0. The number of anilines is 1. The van der Waals surface area contributed by atoms with Crippen molar-refractivity contribution in [1.29, 1.82) is 0 Å². The van der Waals surface area contributed by atoms with Gasteiger partial charge in [-0.3, -0.25) is 0 Å². The van der Waals surface area contributed by atoms with Gasteiger partial charge in [-0.1, -0.05) is 29.4 Å². The first-order valence-corrected chi connectivity index (χ1v) is 6.41. The smallest absolute Gasteiger partial charge is 0.231 e. The van der Waals surface area contributed by atoms with Gasteiger partial charge < -0.3 is 10.3 Å². The average Bonchev–Trinajstić information content (AvgIpc) is 3.02. The minimum absolute atomic E-state index is 0.561. The van der Waals surface area contributed by atoms with Crippen LogP contribution in [0.5, 0.6) is 0 Å². The number of nitrogens with zero attached hydrogens (tertiary/aromatic N) is 2. The molecule has 4 nitrogen and oxygen atoms in total. The number of thiophene rings is 1. The van der Waals surface area contributed by atoms with E-state index in [0.29, 0.717) is 18.1 Å². The summed E-state index contributed by atoms with van der Waals surface area (Å²) in [6, 6.07) is 11.6. The summed E-state index contributed by atoms with van der Waals surface area (Å²) in [5.74, 6) is 1.21. The predicted octanol–water partition coefficient (Wildman–Crippen LogP) is 2.97. The summed E-state index contributed by atoms with van der Waals surface area (Å²) in [5.41, 5.74) is 7.62. The molecule has 0 aliphatic carbocycles. The van der Waals surface area contributed by atoms with Gasteiger partial charge in [-0.2, -0.15) is 4.98 Å². The minimum atomic E-state index is 0.561. The summed E-state index contributed by atoms with van der Waals surface area (Å²) >= 11 is 1.59. The molecule has 0 aliphatic heterocycles. The molecule has 0 radical (unpaired) electrons. The highest BCUT2D eigenvalue weighted by molar-refractivity contribution is 7.13. The van der Waals surface area contributed by atoms with Crippen LogP contribution in [-0.4, -0.2) is 10.1 Å². The molecule has 0 saturated heterocycles. The Labute approximate surface area is 108 Å². The van der Waals surface area contributed by atoms with E-state index in [1.165, 1.54) is 0 Å². The first-order valence-electron chi connectivity index (χ1n) is 5.53. The van der Waals surface area contributed by atoms with Gasteiger partial charge in [0.15, 0.2) is 0 Å². The number of para-hydroxylation sites is 1. The van der Waals surface area contributed by atoms with E-state index in [0.717, 1.165) is 16.1 Å². The molecule has 0 aliphatic rings. The van der Waals surface area contributed by atoms with Crippen LogP contribution >= 0.6 is 11.3 Å². The molecule has 2 N–H and O–H groups in total. The number of nitrogen functional groups attached to an aromatic ring is 1. The molecular formula is C13H11N3OS. The number of aromatic nitrogens is 2. The first kappa shape index (κ1) is 11.0. The van der Waals surface area contributed by atoms with E-state index < -0.39 is 0 Å². The molecule has 3 rings (SSSR count). The van der Waals surface area contributed by atoms with Crippen LogP contribution in [0.1, 0.15) is 11.5 Å². The highest BCUT2D eigenvalue weighted by Gasteiger charge is 2.10. The fourth-order valence-corrected chi connectivity index (χ4v) is 2.34. The van der Waals surface area contributed by atoms with E-state index in [4.69, 9.17) is 10.3 Å².